The van der Waals surface area contributed by atoms with Gasteiger partial charge in [-0.3, -0.25) is 19.6 Å². The summed E-state index contributed by atoms with van der Waals surface area (Å²) < 4.78 is 6.96. The van der Waals surface area contributed by atoms with Crippen LogP contribution in [0, 0.1) is 17.0 Å². The quantitative estimate of drug-likeness (QED) is 0.481. The van der Waals surface area contributed by atoms with Gasteiger partial charge in [0.05, 0.1) is 10.6 Å². The topological polar surface area (TPSA) is 87.3 Å². The van der Waals surface area contributed by atoms with Crippen molar-refractivity contribution in [3.05, 3.63) is 50.3 Å². The van der Waals surface area contributed by atoms with Crippen LogP contribution < -0.4 is 4.74 Å². The predicted molar refractivity (Wildman–Crippen MR) is 75.8 cm³/mol. The maximum Gasteiger partial charge on any atom is 0.310 e. The number of nitro benzene ring substituents is 1. The van der Waals surface area contributed by atoms with E-state index in [1.165, 1.54) is 22.9 Å². The molecule has 0 aliphatic carbocycles. The van der Waals surface area contributed by atoms with E-state index in [-0.39, 0.29) is 18.0 Å². The van der Waals surface area contributed by atoms with E-state index in [0.717, 1.165) is 0 Å². The number of nitrogens with zero attached hydrogens (tertiary/aromatic N) is 3. The third kappa shape index (κ3) is 3.03. The highest BCUT2D eigenvalue weighted by Crippen LogP contribution is 2.29. The number of hydrogen-bond donors (Lipinski definition) is 0. The minimum absolute atomic E-state index is 0.0175. The van der Waals surface area contributed by atoms with Gasteiger partial charge in [-0.25, -0.2) is 0 Å². The molecule has 0 fully saturated rings. The normalized spacial score (nSPS) is 10.4. The summed E-state index contributed by atoms with van der Waals surface area (Å²) in [5, 5.41) is 15.5. The van der Waals surface area contributed by atoms with Crippen LogP contribution in [0.25, 0.3) is 0 Å². The van der Waals surface area contributed by atoms with Crippen LogP contribution in [-0.4, -0.2) is 21.0 Å². The van der Waals surface area contributed by atoms with E-state index in [1.807, 2.05) is 0 Å². The molecule has 2 aromatic rings. The largest absolute Gasteiger partial charge is 0.482 e. The van der Waals surface area contributed by atoms with Crippen molar-refractivity contribution in [1.82, 2.24) is 9.78 Å². The van der Waals surface area contributed by atoms with Crippen LogP contribution >= 0.6 is 11.6 Å². The number of ether oxygens (including phenoxy) is 1. The van der Waals surface area contributed by atoms with Gasteiger partial charge < -0.3 is 4.74 Å². The molecule has 0 saturated carbocycles. The Morgan fingerprint density at radius 2 is 2.24 bits per heavy atom. The van der Waals surface area contributed by atoms with Crippen molar-refractivity contribution in [2.45, 2.75) is 13.5 Å². The number of aldehydes is 1. The van der Waals surface area contributed by atoms with Gasteiger partial charge in [-0.15, -0.1) is 0 Å². The van der Waals surface area contributed by atoms with Gasteiger partial charge in [0.25, 0.3) is 0 Å². The molecule has 0 aliphatic heterocycles. The lowest BCUT2D eigenvalue weighted by Crippen LogP contribution is -2.01. The van der Waals surface area contributed by atoms with Crippen molar-refractivity contribution in [3.63, 3.8) is 0 Å². The first-order chi connectivity index (χ1) is 9.93. The molecule has 0 saturated heterocycles. The highest BCUT2D eigenvalue weighted by atomic mass is 35.5. The summed E-state index contributed by atoms with van der Waals surface area (Å²) >= 11 is 6.07. The van der Waals surface area contributed by atoms with Gasteiger partial charge in [-0.2, -0.15) is 5.10 Å². The van der Waals surface area contributed by atoms with E-state index in [1.54, 1.807) is 14.0 Å². The summed E-state index contributed by atoms with van der Waals surface area (Å²) in [7, 11) is 1.69. The minimum Gasteiger partial charge on any atom is -0.482 e. The van der Waals surface area contributed by atoms with Crippen LogP contribution in [-0.2, 0) is 13.7 Å². The fourth-order valence-corrected chi connectivity index (χ4v) is 2.09. The summed E-state index contributed by atoms with van der Waals surface area (Å²) in [5.41, 5.74) is 1.41. The van der Waals surface area contributed by atoms with E-state index >= 15 is 0 Å². The molecule has 0 bridgehead atoms. The van der Waals surface area contributed by atoms with E-state index in [2.05, 4.69) is 5.10 Å². The first kappa shape index (κ1) is 15.0. The van der Waals surface area contributed by atoms with Crippen LogP contribution in [0.5, 0.6) is 5.75 Å². The molecule has 2 rings (SSSR count). The first-order valence-electron chi connectivity index (χ1n) is 5.98. The van der Waals surface area contributed by atoms with Crippen LogP contribution in [0.4, 0.5) is 5.69 Å². The van der Waals surface area contributed by atoms with Gasteiger partial charge in [-0.1, -0.05) is 11.6 Å². The molecule has 110 valence electrons. The molecular formula is C13H12ClN3O4. The van der Waals surface area contributed by atoms with Gasteiger partial charge >= 0.3 is 5.69 Å². The number of halogens is 1. The second-order valence-electron chi connectivity index (χ2n) is 4.37. The number of benzene rings is 1. The Labute approximate surface area is 125 Å². The summed E-state index contributed by atoms with van der Waals surface area (Å²) in [5.74, 6) is 0.0175. The summed E-state index contributed by atoms with van der Waals surface area (Å²) in [6, 6.07) is 3.92. The minimum atomic E-state index is -0.568. The van der Waals surface area contributed by atoms with Gasteiger partial charge in [0.1, 0.15) is 18.0 Å². The molecule has 0 aliphatic rings. The molecule has 1 aromatic heterocycles. The molecule has 1 aromatic carbocycles. The van der Waals surface area contributed by atoms with Crippen molar-refractivity contribution < 1.29 is 14.5 Å². The van der Waals surface area contributed by atoms with E-state index in [9.17, 15) is 14.9 Å². The standard InChI is InChI=1S/C13H12ClN3O4/c1-8-10(13(14)16(2)15-8)7-21-12-5-9(6-18)3-4-11(12)17(19)20/h3-6H,7H2,1-2H3. The van der Waals surface area contributed by atoms with Gasteiger partial charge in [0.15, 0.2) is 5.75 Å². The molecule has 0 spiro atoms. The van der Waals surface area contributed by atoms with Crippen molar-refractivity contribution in [1.29, 1.82) is 0 Å². The Bertz CT molecular complexity index is 712. The van der Waals surface area contributed by atoms with Crippen molar-refractivity contribution >= 4 is 23.6 Å². The third-order valence-corrected chi connectivity index (χ3v) is 3.43. The average molecular weight is 310 g/mol. The zero-order chi connectivity index (χ0) is 15.6. The molecule has 1 heterocycles. The fourth-order valence-electron chi connectivity index (χ4n) is 1.86. The van der Waals surface area contributed by atoms with Crippen molar-refractivity contribution in [2.24, 2.45) is 7.05 Å². The number of carbonyl (C=O) groups excluding carboxylic acids is 1. The van der Waals surface area contributed by atoms with Crippen LogP contribution in [0.3, 0.4) is 0 Å². The lowest BCUT2D eigenvalue weighted by molar-refractivity contribution is -0.385. The lowest BCUT2D eigenvalue weighted by atomic mass is 10.2. The Kier molecular flexibility index (Phi) is 4.23. The second kappa shape index (κ2) is 5.92. The molecular weight excluding hydrogens is 298 g/mol. The predicted octanol–water partition coefficient (Wildman–Crippen LogP) is 2.68. The Hall–Kier alpha value is -2.41. The maximum atomic E-state index is 11.0. The van der Waals surface area contributed by atoms with Gasteiger partial charge in [0, 0.05) is 24.2 Å². The average Bonchev–Trinajstić information content (AvgIpc) is 2.69. The number of aryl methyl sites for hydroxylation is 2. The Morgan fingerprint density at radius 3 is 2.76 bits per heavy atom. The van der Waals surface area contributed by atoms with E-state index in [4.69, 9.17) is 16.3 Å². The van der Waals surface area contributed by atoms with Crippen LogP contribution in [0.15, 0.2) is 18.2 Å². The molecule has 0 N–H and O–H groups in total. The van der Waals surface area contributed by atoms with Gasteiger partial charge in [-0.05, 0) is 19.1 Å². The lowest BCUT2D eigenvalue weighted by Gasteiger charge is -2.07. The highest BCUT2D eigenvalue weighted by molar-refractivity contribution is 6.30. The molecule has 0 radical (unpaired) electrons. The molecule has 0 amide bonds. The number of carbonyl (C=O) groups is 1. The Morgan fingerprint density at radius 1 is 1.52 bits per heavy atom. The number of rotatable bonds is 5. The smallest absolute Gasteiger partial charge is 0.310 e. The zero-order valence-electron chi connectivity index (χ0n) is 11.4. The highest BCUT2D eigenvalue weighted by Gasteiger charge is 2.18. The van der Waals surface area contributed by atoms with E-state index in [0.29, 0.717) is 28.3 Å². The summed E-state index contributed by atoms with van der Waals surface area (Å²) in [6.07, 6.45) is 0.596. The third-order valence-electron chi connectivity index (χ3n) is 2.96. The van der Waals surface area contributed by atoms with Crippen molar-refractivity contribution in [2.75, 3.05) is 0 Å². The number of hydrogen-bond acceptors (Lipinski definition) is 5. The van der Waals surface area contributed by atoms with Gasteiger partial charge in [0.2, 0.25) is 0 Å². The molecule has 21 heavy (non-hydrogen) atoms. The fraction of sp³-hybridized carbons (Fsp3) is 0.231. The maximum absolute atomic E-state index is 11.0. The zero-order valence-corrected chi connectivity index (χ0v) is 12.1. The SMILES string of the molecule is Cc1nn(C)c(Cl)c1COc1cc(C=O)ccc1[N+](=O)[O-]. The molecule has 8 heteroatoms. The second-order valence-corrected chi connectivity index (χ2v) is 4.73. The first-order valence-corrected chi connectivity index (χ1v) is 6.36. The summed E-state index contributed by atoms with van der Waals surface area (Å²) in [6.45, 7) is 1.79. The monoisotopic (exact) mass is 309 g/mol. The number of nitro groups is 1. The molecule has 7 nitrogen and oxygen atoms in total. The Balaban J connectivity index is 2.30. The molecule has 0 unspecified atom stereocenters. The summed E-state index contributed by atoms with van der Waals surface area (Å²) in [4.78, 5) is 21.2. The van der Waals surface area contributed by atoms with Crippen LogP contribution in [0.2, 0.25) is 5.15 Å². The van der Waals surface area contributed by atoms with Crippen molar-refractivity contribution in [3.8, 4) is 5.75 Å². The van der Waals surface area contributed by atoms with Crippen LogP contribution in [0.1, 0.15) is 21.6 Å². The van der Waals surface area contributed by atoms with E-state index < -0.39 is 4.92 Å². The molecule has 0 atom stereocenters. The number of aromatic nitrogens is 2.